The zero-order chi connectivity index (χ0) is 24.5. The number of aliphatic hydroxyl groups excluding tert-OH is 1. The molecule has 0 bridgehead atoms. The van der Waals surface area contributed by atoms with Crippen molar-refractivity contribution in [3.05, 3.63) is 108 Å². The maximum atomic E-state index is 11.9. The second-order valence-corrected chi connectivity index (χ2v) is 8.51. The van der Waals surface area contributed by atoms with Crippen molar-refractivity contribution in [2.75, 3.05) is 6.61 Å². The fraction of sp³-hybridized carbons (Fsp3) is 0.321. The molecule has 3 N–H and O–H groups in total. The number of amides is 1. The van der Waals surface area contributed by atoms with Crippen molar-refractivity contribution in [3.63, 3.8) is 0 Å². The van der Waals surface area contributed by atoms with Crippen LogP contribution in [0.4, 0.5) is 0 Å². The van der Waals surface area contributed by atoms with Crippen LogP contribution in [0.1, 0.15) is 16.7 Å². The van der Waals surface area contributed by atoms with E-state index in [0.29, 0.717) is 13.2 Å². The first-order chi connectivity index (χ1) is 17.1. The molecule has 3 aromatic rings. The van der Waals surface area contributed by atoms with E-state index in [2.05, 4.69) is 0 Å². The number of nitrogens with two attached hydrogens (primary N) is 1. The number of aliphatic hydroxyl groups is 1. The van der Waals surface area contributed by atoms with Gasteiger partial charge in [-0.1, -0.05) is 91.0 Å². The molecular formula is C28H31NO6. The van der Waals surface area contributed by atoms with Crippen molar-refractivity contribution in [2.24, 2.45) is 5.73 Å². The van der Waals surface area contributed by atoms with Gasteiger partial charge in [-0.3, -0.25) is 4.79 Å². The number of carbonyl (C=O) groups excluding carboxylic acids is 1. The van der Waals surface area contributed by atoms with Crippen molar-refractivity contribution in [1.82, 2.24) is 0 Å². The first-order valence-electron chi connectivity index (χ1n) is 11.7. The van der Waals surface area contributed by atoms with Crippen molar-refractivity contribution in [2.45, 2.75) is 50.3 Å². The topological polar surface area (TPSA) is 100 Å². The van der Waals surface area contributed by atoms with Gasteiger partial charge < -0.3 is 29.8 Å². The molecule has 0 aromatic heterocycles. The molecule has 1 aliphatic heterocycles. The summed E-state index contributed by atoms with van der Waals surface area (Å²) in [5.41, 5.74) is 8.38. The van der Waals surface area contributed by atoms with Gasteiger partial charge in [-0.2, -0.15) is 0 Å². The summed E-state index contributed by atoms with van der Waals surface area (Å²) in [6.07, 6.45) is -4.41. The summed E-state index contributed by atoms with van der Waals surface area (Å²) < 4.78 is 24.5. The first kappa shape index (κ1) is 25.0. The second-order valence-electron chi connectivity index (χ2n) is 8.51. The van der Waals surface area contributed by atoms with Crippen LogP contribution in [0.15, 0.2) is 91.0 Å². The number of hydrogen-bond donors (Lipinski definition) is 2. The molecule has 35 heavy (non-hydrogen) atoms. The lowest BCUT2D eigenvalue weighted by Crippen LogP contribution is -2.47. The summed E-state index contributed by atoms with van der Waals surface area (Å²) in [7, 11) is 0. The molecule has 1 fully saturated rings. The van der Waals surface area contributed by atoms with E-state index in [9.17, 15) is 9.90 Å². The van der Waals surface area contributed by atoms with Crippen LogP contribution in [0.25, 0.3) is 0 Å². The van der Waals surface area contributed by atoms with Crippen molar-refractivity contribution in [1.29, 1.82) is 0 Å². The maximum Gasteiger partial charge on any atom is 0.249 e. The van der Waals surface area contributed by atoms with E-state index in [-0.39, 0.29) is 13.2 Å². The minimum atomic E-state index is -1.54. The molecule has 7 nitrogen and oxygen atoms in total. The minimum Gasteiger partial charge on any atom is -0.380 e. The van der Waals surface area contributed by atoms with E-state index in [1.54, 1.807) is 0 Å². The predicted molar refractivity (Wildman–Crippen MR) is 130 cm³/mol. The third-order valence-corrected chi connectivity index (χ3v) is 5.91. The molecular weight excluding hydrogens is 446 g/mol. The maximum absolute atomic E-state index is 11.9. The summed E-state index contributed by atoms with van der Waals surface area (Å²) in [6, 6.07) is 29.2. The Labute approximate surface area is 205 Å². The van der Waals surface area contributed by atoms with Crippen LogP contribution in [-0.2, 0) is 43.6 Å². The van der Waals surface area contributed by atoms with Crippen LogP contribution in [0.5, 0.6) is 0 Å². The summed E-state index contributed by atoms with van der Waals surface area (Å²) in [5, 5.41) is 10.5. The minimum absolute atomic E-state index is 0.196. The fourth-order valence-electron chi connectivity index (χ4n) is 4.10. The molecule has 3 aromatic carbocycles. The molecule has 1 saturated heterocycles. The monoisotopic (exact) mass is 477 g/mol. The van der Waals surface area contributed by atoms with E-state index in [4.69, 9.17) is 24.7 Å². The average Bonchev–Trinajstić information content (AvgIpc) is 3.24. The molecule has 0 radical (unpaired) electrons. The molecule has 4 rings (SSSR count). The third kappa shape index (κ3) is 6.97. The molecule has 7 heteroatoms. The van der Waals surface area contributed by atoms with E-state index in [0.717, 1.165) is 16.7 Å². The molecule has 5 unspecified atom stereocenters. The number of rotatable bonds is 12. The third-order valence-electron chi connectivity index (χ3n) is 5.91. The number of carbonyl (C=O) groups is 1. The van der Waals surface area contributed by atoms with Gasteiger partial charge in [-0.15, -0.1) is 0 Å². The lowest BCUT2D eigenvalue weighted by molar-refractivity contribution is -0.142. The number of benzene rings is 3. The van der Waals surface area contributed by atoms with Gasteiger partial charge in [0.2, 0.25) is 5.91 Å². The Balaban J connectivity index is 1.51. The molecule has 0 saturated carbocycles. The van der Waals surface area contributed by atoms with E-state index in [1.165, 1.54) is 0 Å². The van der Waals surface area contributed by atoms with Gasteiger partial charge in [-0.05, 0) is 16.7 Å². The fourth-order valence-corrected chi connectivity index (χ4v) is 4.10. The summed E-state index contributed by atoms with van der Waals surface area (Å²) in [4.78, 5) is 11.9. The quantitative estimate of drug-likeness (QED) is 0.416. The zero-order valence-electron chi connectivity index (χ0n) is 19.4. The summed E-state index contributed by atoms with van der Waals surface area (Å²) >= 11 is 0. The predicted octanol–water partition coefficient (Wildman–Crippen LogP) is 2.99. The molecule has 1 aliphatic rings. The Kier molecular flexibility index (Phi) is 9.00. The molecule has 184 valence electrons. The average molecular weight is 478 g/mol. The van der Waals surface area contributed by atoms with Crippen LogP contribution in [0.3, 0.4) is 0 Å². The van der Waals surface area contributed by atoms with Crippen LogP contribution >= 0.6 is 0 Å². The van der Waals surface area contributed by atoms with Gasteiger partial charge in [0.15, 0.2) is 6.10 Å². The first-order valence-corrected chi connectivity index (χ1v) is 11.7. The van der Waals surface area contributed by atoms with Gasteiger partial charge in [0, 0.05) is 0 Å². The SMILES string of the molecule is NC(=O)C(O)C1OC(COCc2ccccc2)C(OCc2ccccc2)C1OCc1ccccc1. The van der Waals surface area contributed by atoms with Crippen molar-refractivity contribution < 1.29 is 28.8 Å². The number of primary amides is 1. The van der Waals surface area contributed by atoms with Crippen LogP contribution < -0.4 is 5.73 Å². The lowest BCUT2D eigenvalue weighted by atomic mass is 10.0. The lowest BCUT2D eigenvalue weighted by Gasteiger charge is -2.26. The Hall–Kier alpha value is -3.07. The number of hydrogen-bond acceptors (Lipinski definition) is 6. The van der Waals surface area contributed by atoms with E-state index >= 15 is 0 Å². The van der Waals surface area contributed by atoms with E-state index in [1.807, 2.05) is 91.0 Å². The highest BCUT2D eigenvalue weighted by atomic mass is 16.6. The Morgan fingerprint density at radius 1 is 0.771 bits per heavy atom. The summed E-state index contributed by atoms with van der Waals surface area (Å²) in [6.45, 7) is 1.17. The van der Waals surface area contributed by atoms with Crippen molar-refractivity contribution in [3.8, 4) is 0 Å². The molecule has 1 heterocycles. The molecule has 5 atom stereocenters. The van der Waals surface area contributed by atoms with Crippen LogP contribution in [-0.4, -0.2) is 48.1 Å². The Morgan fingerprint density at radius 3 is 1.71 bits per heavy atom. The standard InChI is InChI=1S/C28H31NO6/c29-28(31)24(30)26-27(34-18-22-14-8-3-9-15-22)25(33-17-21-12-6-2-7-13-21)23(35-26)19-32-16-20-10-4-1-5-11-20/h1-15,23-27,30H,16-19H2,(H2,29,31). The van der Waals surface area contributed by atoms with Gasteiger partial charge in [0.05, 0.1) is 26.4 Å². The number of ether oxygens (including phenoxy) is 4. The normalized spacial score (nSPS) is 22.7. The summed E-state index contributed by atoms with van der Waals surface area (Å²) in [5.74, 6) is -0.879. The Bertz CT molecular complexity index is 1030. The van der Waals surface area contributed by atoms with Crippen LogP contribution in [0.2, 0.25) is 0 Å². The van der Waals surface area contributed by atoms with Gasteiger partial charge >= 0.3 is 0 Å². The van der Waals surface area contributed by atoms with Gasteiger partial charge in [-0.25, -0.2) is 0 Å². The molecule has 1 amide bonds. The van der Waals surface area contributed by atoms with Gasteiger partial charge in [0.1, 0.15) is 24.4 Å². The molecule has 0 spiro atoms. The smallest absolute Gasteiger partial charge is 0.249 e. The highest BCUT2D eigenvalue weighted by Gasteiger charge is 2.50. The second kappa shape index (κ2) is 12.6. The Morgan fingerprint density at radius 2 is 1.23 bits per heavy atom. The zero-order valence-corrected chi connectivity index (χ0v) is 19.4. The van der Waals surface area contributed by atoms with Crippen LogP contribution in [0, 0.1) is 0 Å². The highest BCUT2D eigenvalue weighted by Crippen LogP contribution is 2.31. The largest absolute Gasteiger partial charge is 0.380 e. The highest BCUT2D eigenvalue weighted by molar-refractivity contribution is 5.79. The van der Waals surface area contributed by atoms with E-state index < -0.39 is 36.4 Å². The molecule has 0 aliphatic carbocycles. The van der Waals surface area contributed by atoms with Crippen molar-refractivity contribution >= 4 is 5.91 Å². The van der Waals surface area contributed by atoms with Gasteiger partial charge in [0.25, 0.3) is 0 Å².